The monoisotopic (exact) mass is 310 g/mol. The molecule has 0 spiro atoms. The zero-order valence-corrected chi connectivity index (χ0v) is 13.1. The molecule has 6 heteroatoms. The lowest BCUT2D eigenvalue weighted by Gasteiger charge is -2.13. The van der Waals surface area contributed by atoms with Crippen LogP contribution in [0.3, 0.4) is 0 Å². The van der Waals surface area contributed by atoms with Crippen molar-refractivity contribution in [1.29, 1.82) is 0 Å². The van der Waals surface area contributed by atoms with Gasteiger partial charge in [-0.05, 0) is 50.3 Å². The number of rotatable bonds is 6. The fraction of sp³-hybridized carbons (Fsp3) is 0.467. The molecule has 0 atom stereocenters. The van der Waals surface area contributed by atoms with Crippen LogP contribution in [0.2, 0.25) is 0 Å². The minimum atomic E-state index is -3.52. The lowest BCUT2D eigenvalue weighted by molar-refractivity contribution is 0.416. The fourth-order valence-electron chi connectivity index (χ4n) is 2.44. The molecule has 0 amide bonds. The van der Waals surface area contributed by atoms with E-state index in [9.17, 15) is 8.42 Å². The zero-order valence-electron chi connectivity index (χ0n) is 12.3. The predicted molar refractivity (Wildman–Crippen MR) is 83.8 cm³/mol. The van der Waals surface area contributed by atoms with Crippen LogP contribution in [0.25, 0.3) is 0 Å². The highest BCUT2D eigenvalue weighted by molar-refractivity contribution is 7.89. The second kappa shape index (κ2) is 6.95. The Labute approximate surface area is 126 Å². The summed E-state index contributed by atoms with van der Waals surface area (Å²) in [6.45, 7) is 0.417. The van der Waals surface area contributed by atoms with Crippen LogP contribution in [0.4, 0.5) is 5.69 Å². The molecule has 0 bridgehead atoms. The summed E-state index contributed by atoms with van der Waals surface area (Å²) < 4.78 is 32.0. The number of hydrogen-bond acceptors (Lipinski definition) is 4. The van der Waals surface area contributed by atoms with E-state index in [0.717, 1.165) is 19.3 Å². The van der Waals surface area contributed by atoms with Crippen LogP contribution in [-0.2, 0) is 10.0 Å². The van der Waals surface area contributed by atoms with Crippen LogP contribution >= 0.6 is 0 Å². The van der Waals surface area contributed by atoms with Gasteiger partial charge in [-0.25, -0.2) is 13.1 Å². The standard InChI is InChI=1S/C15H22N2O3S/c1-20-15-8-7-13(11-14(15)16)21(18,19)17-10-9-12-5-3-2-4-6-12/h5,7-8,11,17H,2-4,6,9-10,16H2,1H3. The maximum atomic E-state index is 12.2. The smallest absolute Gasteiger partial charge is 0.240 e. The molecule has 1 aromatic rings. The van der Waals surface area contributed by atoms with Gasteiger partial charge in [-0.2, -0.15) is 0 Å². The molecular weight excluding hydrogens is 288 g/mol. The Hall–Kier alpha value is -1.53. The van der Waals surface area contributed by atoms with Crippen molar-refractivity contribution >= 4 is 15.7 Å². The van der Waals surface area contributed by atoms with Gasteiger partial charge in [0.1, 0.15) is 5.75 Å². The number of nitrogen functional groups attached to an aromatic ring is 1. The molecule has 0 saturated heterocycles. The molecule has 21 heavy (non-hydrogen) atoms. The number of anilines is 1. The number of ether oxygens (including phenoxy) is 1. The van der Waals surface area contributed by atoms with E-state index in [0.29, 0.717) is 18.0 Å². The van der Waals surface area contributed by atoms with Gasteiger partial charge < -0.3 is 10.5 Å². The van der Waals surface area contributed by atoms with Gasteiger partial charge in [-0.3, -0.25) is 0 Å². The molecule has 116 valence electrons. The number of nitrogens with one attached hydrogen (secondary N) is 1. The normalized spacial score (nSPS) is 15.6. The SMILES string of the molecule is COc1ccc(S(=O)(=O)NCCC2=CCCCC2)cc1N. The minimum absolute atomic E-state index is 0.165. The van der Waals surface area contributed by atoms with Gasteiger partial charge >= 0.3 is 0 Å². The molecule has 3 N–H and O–H groups in total. The second-order valence-corrected chi connectivity index (χ2v) is 6.93. The van der Waals surface area contributed by atoms with E-state index in [4.69, 9.17) is 10.5 Å². The van der Waals surface area contributed by atoms with Crippen LogP contribution in [0.1, 0.15) is 32.1 Å². The largest absolute Gasteiger partial charge is 0.495 e. The predicted octanol–water partition coefficient (Wildman–Crippen LogP) is 2.45. The van der Waals surface area contributed by atoms with Crippen molar-refractivity contribution < 1.29 is 13.2 Å². The highest BCUT2D eigenvalue weighted by atomic mass is 32.2. The molecule has 5 nitrogen and oxygen atoms in total. The first-order chi connectivity index (χ1) is 10.0. The van der Waals surface area contributed by atoms with Crippen molar-refractivity contribution in [3.63, 3.8) is 0 Å². The van der Waals surface area contributed by atoms with Crippen LogP contribution < -0.4 is 15.2 Å². The summed E-state index contributed by atoms with van der Waals surface area (Å²) in [4.78, 5) is 0.165. The van der Waals surface area contributed by atoms with Gasteiger partial charge in [0.15, 0.2) is 0 Å². The molecule has 0 aromatic heterocycles. The lowest BCUT2D eigenvalue weighted by atomic mass is 9.97. The van der Waals surface area contributed by atoms with Crippen LogP contribution in [0.5, 0.6) is 5.75 Å². The molecule has 1 aliphatic rings. The molecular formula is C15H22N2O3S. The number of methoxy groups -OCH3 is 1. The van der Waals surface area contributed by atoms with Crippen molar-refractivity contribution in [3.8, 4) is 5.75 Å². The summed E-state index contributed by atoms with van der Waals surface area (Å²) >= 11 is 0. The number of hydrogen-bond donors (Lipinski definition) is 2. The van der Waals surface area contributed by atoms with Crippen LogP contribution in [-0.4, -0.2) is 22.1 Å². The molecule has 0 unspecified atom stereocenters. The average molecular weight is 310 g/mol. The first-order valence-corrected chi connectivity index (χ1v) is 8.62. The Morgan fingerprint density at radius 3 is 2.76 bits per heavy atom. The van der Waals surface area contributed by atoms with Crippen LogP contribution in [0, 0.1) is 0 Å². The van der Waals surface area contributed by atoms with Crippen LogP contribution in [0.15, 0.2) is 34.7 Å². The zero-order chi connectivity index (χ0) is 15.3. The molecule has 0 aliphatic heterocycles. The Morgan fingerprint density at radius 2 is 2.14 bits per heavy atom. The van der Waals surface area contributed by atoms with Crippen molar-refractivity contribution in [2.45, 2.75) is 37.0 Å². The quantitative estimate of drug-likeness (QED) is 0.624. The van der Waals surface area contributed by atoms with Gasteiger partial charge in [-0.15, -0.1) is 0 Å². The molecule has 1 aliphatic carbocycles. The molecule has 0 saturated carbocycles. The van der Waals surface area contributed by atoms with Gasteiger partial charge in [0, 0.05) is 6.54 Å². The van der Waals surface area contributed by atoms with Gasteiger partial charge in [0.25, 0.3) is 0 Å². The third kappa shape index (κ3) is 4.22. The summed E-state index contributed by atoms with van der Waals surface area (Å²) in [6, 6.07) is 4.48. The Kier molecular flexibility index (Phi) is 5.25. The molecule has 0 radical (unpaired) electrons. The Morgan fingerprint density at radius 1 is 1.33 bits per heavy atom. The number of allylic oxidation sites excluding steroid dienone is 1. The van der Waals surface area contributed by atoms with E-state index in [2.05, 4.69) is 10.8 Å². The first-order valence-electron chi connectivity index (χ1n) is 7.14. The molecule has 0 heterocycles. The van der Waals surface area contributed by atoms with E-state index in [-0.39, 0.29) is 4.90 Å². The maximum absolute atomic E-state index is 12.2. The summed E-state index contributed by atoms with van der Waals surface area (Å²) in [5.41, 5.74) is 7.41. The summed E-state index contributed by atoms with van der Waals surface area (Å²) in [6.07, 6.45) is 7.62. The summed E-state index contributed by atoms with van der Waals surface area (Å²) in [5.74, 6) is 0.473. The highest BCUT2D eigenvalue weighted by Crippen LogP contribution is 2.24. The third-order valence-corrected chi connectivity index (χ3v) is 5.09. The fourth-order valence-corrected chi connectivity index (χ4v) is 3.51. The van der Waals surface area contributed by atoms with E-state index >= 15 is 0 Å². The van der Waals surface area contributed by atoms with E-state index < -0.39 is 10.0 Å². The lowest BCUT2D eigenvalue weighted by Crippen LogP contribution is -2.25. The van der Waals surface area contributed by atoms with Gasteiger partial charge in [0.05, 0.1) is 17.7 Å². The second-order valence-electron chi connectivity index (χ2n) is 5.16. The topological polar surface area (TPSA) is 81.4 Å². The Bertz CT molecular complexity index is 624. The van der Waals surface area contributed by atoms with Crippen molar-refractivity contribution in [2.24, 2.45) is 0 Å². The van der Waals surface area contributed by atoms with E-state index in [1.54, 1.807) is 6.07 Å². The van der Waals surface area contributed by atoms with E-state index in [1.807, 2.05) is 0 Å². The number of benzene rings is 1. The van der Waals surface area contributed by atoms with Crippen molar-refractivity contribution in [3.05, 3.63) is 29.8 Å². The van der Waals surface area contributed by atoms with Gasteiger partial charge in [0.2, 0.25) is 10.0 Å². The first kappa shape index (κ1) is 15.9. The number of nitrogens with two attached hydrogens (primary N) is 1. The average Bonchev–Trinajstić information content (AvgIpc) is 2.48. The molecule has 0 fully saturated rings. The molecule has 1 aromatic carbocycles. The molecule has 2 rings (SSSR count). The Balaban J connectivity index is 1.98. The van der Waals surface area contributed by atoms with Crippen molar-refractivity contribution in [1.82, 2.24) is 4.72 Å². The van der Waals surface area contributed by atoms with E-state index in [1.165, 1.54) is 37.7 Å². The number of sulfonamides is 1. The third-order valence-electron chi connectivity index (χ3n) is 3.63. The minimum Gasteiger partial charge on any atom is -0.495 e. The summed E-state index contributed by atoms with van der Waals surface area (Å²) in [7, 11) is -2.03. The maximum Gasteiger partial charge on any atom is 0.240 e. The summed E-state index contributed by atoms with van der Waals surface area (Å²) in [5, 5.41) is 0. The highest BCUT2D eigenvalue weighted by Gasteiger charge is 2.15. The van der Waals surface area contributed by atoms with Crippen molar-refractivity contribution in [2.75, 3.05) is 19.4 Å². The van der Waals surface area contributed by atoms with Gasteiger partial charge in [-0.1, -0.05) is 11.6 Å².